The summed E-state index contributed by atoms with van der Waals surface area (Å²) in [6.45, 7) is 6.62. The Morgan fingerprint density at radius 2 is 1.92 bits per heavy atom. The second kappa shape index (κ2) is 8.72. The first-order chi connectivity index (χ1) is 5.81. The molecule has 0 heterocycles. The predicted octanol–water partition coefficient (Wildman–Crippen LogP) is 2.25. The zero-order chi connectivity index (χ0) is 9.23. The van der Waals surface area contributed by atoms with Crippen LogP contribution in [0.2, 0.25) is 0 Å². The van der Waals surface area contributed by atoms with E-state index in [1.807, 2.05) is 7.05 Å². The van der Waals surface area contributed by atoms with E-state index in [2.05, 4.69) is 24.0 Å². The number of nitrogens with one attached hydrogen (secondary N) is 1. The van der Waals surface area contributed by atoms with Gasteiger partial charge in [0.15, 0.2) is 0 Å². The molecular formula is C10H22N2. The lowest BCUT2D eigenvalue weighted by atomic mass is 10.1. The summed E-state index contributed by atoms with van der Waals surface area (Å²) in [7, 11) is 2.02. The van der Waals surface area contributed by atoms with Crippen LogP contribution in [0, 0.1) is 0 Å². The molecule has 0 rings (SSSR count). The maximum absolute atomic E-state index is 3.82. The van der Waals surface area contributed by atoms with E-state index in [-0.39, 0.29) is 0 Å². The van der Waals surface area contributed by atoms with E-state index in [1.54, 1.807) is 0 Å². The SMILES string of the molecule is C=NCCCCCCC(C)NC. The van der Waals surface area contributed by atoms with E-state index < -0.39 is 0 Å². The summed E-state index contributed by atoms with van der Waals surface area (Å²) >= 11 is 0. The molecule has 0 aromatic carbocycles. The van der Waals surface area contributed by atoms with Crippen LogP contribution < -0.4 is 5.32 Å². The summed E-state index contributed by atoms with van der Waals surface area (Å²) < 4.78 is 0. The molecule has 2 nitrogen and oxygen atoms in total. The first kappa shape index (κ1) is 11.6. The van der Waals surface area contributed by atoms with Gasteiger partial charge < -0.3 is 10.3 Å². The fourth-order valence-corrected chi connectivity index (χ4v) is 1.17. The minimum absolute atomic E-state index is 0.669. The van der Waals surface area contributed by atoms with Crippen molar-refractivity contribution in [1.82, 2.24) is 5.32 Å². The molecule has 0 bridgehead atoms. The van der Waals surface area contributed by atoms with Crippen LogP contribution in [-0.4, -0.2) is 26.4 Å². The third-order valence-electron chi connectivity index (χ3n) is 2.20. The number of rotatable bonds is 8. The van der Waals surface area contributed by atoms with Crippen molar-refractivity contribution in [3.8, 4) is 0 Å². The molecular weight excluding hydrogens is 148 g/mol. The third-order valence-corrected chi connectivity index (χ3v) is 2.20. The van der Waals surface area contributed by atoms with Gasteiger partial charge in [-0.05, 0) is 33.5 Å². The Morgan fingerprint density at radius 3 is 2.50 bits per heavy atom. The van der Waals surface area contributed by atoms with Crippen LogP contribution in [-0.2, 0) is 0 Å². The maximum Gasteiger partial charge on any atom is 0.0382 e. The molecule has 0 radical (unpaired) electrons. The highest BCUT2D eigenvalue weighted by atomic mass is 14.8. The topological polar surface area (TPSA) is 24.4 Å². The van der Waals surface area contributed by atoms with Crippen LogP contribution in [0.15, 0.2) is 4.99 Å². The number of nitrogens with zero attached hydrogens (tertiary/aromatic N) is 1. The Hall–Kier alpha value is -0.370. The van der Waals surface area contributed by atoms with Crippen LogP contribution >= 0.6 is 0 Å². The molecule has 1 N–H and O–H groups in total. The molecule has 72 valence electrons. The minimum Gasteiger partial charge on any atom is -0.317 e. The van der Waals surface area contributed by atoms with E-state index in [0.717, 1.165) is 6.54 Å². The molecule has 0 aliphatic rings. The van der Waals surface area contributed by atoms with Gasteiger partial charge in [0.1, 0.15) is 0 Å². The van der Waals surface area contributed by atoms with Crippen molar-refractivity contribution in [2.75, 3.05) is 13.6 Å². The van der Waals surface area contributed by atoms with Gasteiger partial charge in [0.05, 0.1) is 0 Å². The van der Waals surface area contributed by atoms with Crippen LogP contribution in [0.3, 0.4) is 0 Å². The third kappa shape index (κ3) is 7.73. The Morgan fingerprint density at radius 1 is 1.25 bits per heavy atom. The van der Waals surface area contributed by atoms with Crippen LogP contribution in [0.1, 0.15) is 39.0 Å². The van der Waals surface area contributed by atoms with Gasteiger partial charge in [0.25, 0.3) is 0 Å². The average Bonchev–Trinajstić information content (AvgIpc) is 2.10. The van der Waals surface area contributed by atoms with Crippen molar-refractivity contribution < 1.29 is 0 Å². The van der Waals surface area contributed by atoms with E-state index in [1.165, 1.54) is 32.1 Å². The number of aliphatic imine (C=N–C) groups is 1. The lowest BCUT2D eigenvalue weighted by Gasteiger charge is -2.08. The summed E-state index contributed by atoms with van der Waals surface area (Å²) in [6.07, 6.45) is 6.46. The maximum atomic E-state index is 3.82. The van der Waals surface area contributed by atoms with Gasteiger partial charge in [-0.2, -0.15) is 0 Å². The summed E-state index contributed by atoms with van der Waals surface area (Å²) in [5, 5.41) is 3.24. The largest absolute Gasteiger partial charge is 0.317 e. The predicted molar refractivity (Wildman–Crippen MR) is 56.0 cm³/mol. The van der Waals surface area contributed by atoms with Gasteiger partial charge >= 0.3 is 0 Å². The molecule has 0 aromatic rings. The summed E-state index contributed by atoms with van der Waals surface area (Å²) in [6, 6.07) is 0.669. The smallest absolute Gasteiger partial charge is 0.0382 e. The first-order valence-electron chi connectivity index (χ1n) is 4.91. The highest BCUT2D eigenvalue weighted by molar-refractivity contribution is 5.22. The average molecular weight is 170 g/mol. The standard InChI is InChI=1S/C10H22N2/c1-10(12-3)8-6-4-5-7-9-11-2/h10,12H,2,4-9H2,1,3H3. The Bertz CT molecular complexity index is 102. The van der Waals surface area contributed by atoms with Crippen molar-refractivity contribution in [2.24, 2.45) is 4.99 Å². The summed E-state index contributed by atoms with van der Waals surface area (Å²) in [5.74, 6) is 0. The molecule has 0 aliphatic carbocycles. The Kier molecular flexibility index (Phi) is 8.46. The monoisotopic (exact) mass is 170 g/mol. The Labute approximate surface area is 76.5 Å². The summed E-state index contributed by atoms with van der Waals surface area (Å²) in [4.78, 5) is 3.82. The van der Waals surface area contributed by atoms with E-state index >= 15 is 0 Å². The second-order valence-electron chi connectivity index (χ2n) is 3.34. The van der Waals surface area contributed by atoms with Gasteiger partial charge in [0, 0.05) is 12.6 Å². The quantitative estimate of drug-likeness (QED) is 0.438. The fourth-order valence-electron chi connectivity index (χ4n) is 1.17. The highest BCUT2D eigenvalue weighted by Crippen LogP contribution is 2.05. The fraction of sp³-hybridized carbons (Fsp3) is 0.900. The zero-order valence-corrected chi connectivity index (χ0v) is 8.47. The number of hydrogen-bond acceptors (Lipinski definition) is 2. The normalized spacial score (nSPS) is 12.8. The highest BCUT2D eigenvalue weighted by Gasteiger charge is 1.96. The first-order valence-corrected chi connectivity index (χ1v) is 4.91. The van der Waals surface area contributed by atoms with Crippen LogP contribution in [0.5, 0.6) is 0 Å². The van der Waals surface area contributed by atoms with E-state index in [9.17, 15) is 0 Å². The molecule has 0 saturated carbocycles. The molecule has 0 aliphatic heterocycles. The lowest BCUT2D eigenvalue weighted by molar-refractivity contribution is 0.515. The van der Waals surface area contributed by atoms with Gasteiger partial charge in [-0.15, -0.1) is 0 Å². The zero-order valence-electron chi connectivity index (χ0n) is 8.47. The van der Waals surface area contributed by atoms with Crippen molar-refractivity contribution in [1.29, 1.82) is 0 Å². The molecule has 2 heteroatoms. The van der Waals surface area contributed by atoms with Crippen LogP contribution in [0.4, 0.5) is 0 Å². The van der Waals surface area contributed by atoms with Gasteiger partial charge in [-0.25, -0.2) is 0 Å². The second-order valence-corrected chi connectivity index (χ2v) is 3.34. The van der Waals surface area contributed by atoms with Gasteiger partial charge in [0.2, 0.25) is 0 Å². The number of hydrogen-bond donors (Lipinski definition) is 1. The molecule has 0 aromatic heterocycles. The molecule has 1 unspecified atom stereocenters. The number of unbranched alkanes of at least 4 members (excludes halogenated alkanes) is 3. The molecule has 0 amide bonds. The van der Waals surface area contributed by atoms with E-state index in [4.69, 9.17) is 0 Å². The molecule has 1 atom stereocenters. The van der Waals surface area contributed by atoms with E-state index in [0.29, 0.717) is 6.04 Å². The van der Waals surface area contributed by atoms with Crippen LogP contribution in [0.25, 0.3) is 0 Å². The molecule has 0 fully saturated rings. The summed E-state index contributed by atoms with van der Waals surface area (Å²) in [5.41, 5.74) is 0. The van der Waals surface area contributed by atoms with Crippen molar-refractivity contribution >= 4 is 6.72 Å². The lowest BCUT2D eigenvalue weighted by Crippen LogP contribution is -2.20. The Balaban J connectivity index is 2.95. The molecule has 12 heavy (non-hydrogen) atoms. The molecule has 0 spiro atoms. The van der Waals surface area contributed by atoms with Crippen molar-refractivity contribution in [2.45, 2.75) is 45.1 Å². The van der Waals surface area contributed by atoms with Gasteiger partial charge in [-0.1, -0.05) is 19.3 Å². The van der Waals surface area contributed by atoms with Gasteiger partial charge in [-0.3, -0.25) is 0 Å². The van der Waals surface area contributed by atoms with Crippen molar-refractivity contribution in [3.05, 3.63) is 0 Å². The van der Waals surface area contributed by atoms with Crippen molar-refractivity contribution in [3.63, 3.8) is 0 Å². The molecule has 0 saturated heterocycles. The minimum atomic E-state index is 0.669.